The number of nitrogens with zero attached hydrogens (tertiary/aromatic N) is 1. The summed E-state index contributed by atoms with van der Waals surface area (Å²) in [6, 6.07) is 12.0. The fourth-order valence-electron chi connectivity index (χ4n) is 2.35. The quantitative estimate of drug-likeness (QED) is 0.360. The van der Waals surface area contributed by atoms with Crippen LogP contribution in [0.3, 0.4) is 0 Å². The first kappa shape index (κ1) is 15.5. The van der Waals surface area contributed by atoms with E-state index in [2.05, 4.69) is 54.7 Å². The third-order valence-corrected chi connectivity index (χ3v) is 3.75. The Hall–Kier alpha value is -0.603. The van der Waals surface area contributed by atoms with Crippen molar-refractivity contribution in [3.05, 3.63) is 35.9 Å². The molecule has 3 radical (unpaired) electrons. The van der Waals surface area contributed by atoms with Gasteiger partial charge >= 0.3 is 0 Å². The van der Waals surface area contributed by atoms with Gasteiger partial charge in [0.2, 0.25) is 0 Å². The van der Waals surface area contributed by atoms with Crippen molar-refractivity contribution in [1.29, 1.82) is 0 Å². The Morgan fingerprint density at radius 2 is 1.50 bits per heavy atom. The van der Waals surface area contributed by atoms with Crippen LogP contribution in [0, 0.1) is 0 Å². The lowest BCUT2D eigenvalue weighted by molar-refractivity contribution is -0.903. The van der Waals surface area contributed by atoms with E-state index < -0.39 is 0 Å². The van der Waals surface area contributed by atoms with Crippen molar-refractivity contribution >= 4 is 10.2 Å². The number of hydrogen-bond acceptors (Lipinski definition) is 0. The molecule has 2 heteroatoms. The molecule has 0 spiro atoms. The molecule has 0 heterocycles. The summed E-state index contributed by atoms with van der Waals surface area (Å²) in [7, 11) is 8.21. The molecule has 0 atom stereocenters. The van der Waals surface area contributed by atoms with Crippen LogP contribution in [0.5, 0.6) is 0 Å². The SMILES string of the molecule is C[N+](C)(CCCCCCC[Si])Cc1ccccc1. The molecule has 0 aliphatic rings. The highest BCUT2D eigenvalue weighted by Crippen LogP contribution is 2.12. The molecule has 1 aromatic rings. The van der Waals surface area contributed by atoms with Crippen LogP contribution in [0.4, 0.5) is 0 Å². The highest BCUT2D eigenvalue weighted by molar-refractivity contribution is 6.08. The van der Waals surface area contributed by atoms with Crippen LogP contribution in [0.15, 0.2) is 30.3 Å². The Bertz CT molecular complexity index is 308. The first-order valence-corrected chi connectivity index (χ1v) is 7.85. The van der Waals surface area contributed by atoms with Crippen LogP contribution in [-0.2, 0) is 6.54 Å². The summed E-state index contributed by atoms with van der Waals surface area (Å²) in [5, 5.41) is 0. The second-order valence-electron chi connectivity index (χ2n) is 5.82. The maximum atomic E-state index is 3.53. The smallest absolute Gasteiger partial charge is 0.104 e. The zero-order chi connectivity index (χ0) is 13.3. The van der Waals surface area contributed by atoms with Crippen molar-refractivity contribution in [3.8, 4) is 0 Å². The van der Waals surface area contributed by atoms with Gasteiger partial charge in [-0.05, 0) is 12.8 Å². The van der Waals surface area contributed by atoms with Crippen molar-refractivity contribution in [3.63, 3.8) is 0 Å². The molecule has 18 heavy (non-hydrogen) atoms. The molecule has 99 valence electrons. The van der Waals surface area contributed by atoms with Crippen LogP contribution in [0.25, 0.3) is 0 Å². The summed E-state index contributed by atoms with van der Waals surface area (Å²) in [6.07, 6.45) is 6.80. The summed E-state index contributed by atoms with van der Waals surface area (Å²) in [6.45, 7) is 2.42. The molecule has 0 saturated heterocycles. The third-order valence-electron chi connectivity index (χ3n) is 3.39. The maximum absolute atomic E-state index is 3.53. The molecule has 0 saturated carbocycles. The summed E-state index contributed by atoms with van der Waals surface area (Å²) in [5.74, 6) is 0. The zero-order valence-electron chi connectivity index (χ0n) is 12.0. The lowest BCUT2D eigenvalue weighted by Crippen LogP contribution is -2.39. The summed E-state index contributed by atoms with van der Waals surface area (Å²) < 4.78 is 1.10. The molecule has 1 rings (SSSR count). The van der Waals surface area contributed by atoms with Gasteiger partial charge < -0.3 is 4.48 Å². The second-order valence-corrected chi connectivity index (χ2v) is 6.32. The Labute approximate surface area is 116 Å². The van der Waals surface area contributed by atoms with Gasteiger partial charge in [-0.25, -0.2) is 0 Å². The third kappa shape index (κ3) is 6.97. The molecule has 0 unspecified atom stereocenters. The minimum absolute atomic E-state index is 1.10. The van der Waals surface area contributed by atoms with E-state index >= 15 is 0 Å². The first-order chi connectivity index (χ1) is 8.64. The van der Waals surface area contributed by atoms with Crippen LogP contribution in [0.1, 0.15) is 37.7 Å². The number of quaternary nitrogens is 1. The Morgan fingerprint density at radius 3 is 2.17 bits per heavy atom. The Morgan fingerprint density at radius 1 is 0.889 bits per heavy atom. The summed E-state index contributed by atoms with van der Waals surface area (Å²) in [4.78, 5) is 0. The minimum atomic E-state index is 1.10. The number of benzene rings is 1. The Kier molecular flexibility index (Phi) is 7.29. The van der Waals surface area contributed by atoms with Gasteiger partial charge in [-0.3, -0.25) is 0 Å². The van der Waals surface area contributed by atoms with Gasteiger partial charge in [0, 0.05) is 15.8 Å². The van der Waals surface area contributed by atoms with E-state index in [-0.39, 0.29) is 0 Å². The van der Waals surface area contributed by atoms with Crippen LogP contribution < -0.4 is 0 Å². The molecule has 0 amide bonds. The normalized spacial score (nSPS) is 11.7. The average Bonchev–Trinajstić information content (AvgIpc) is 2.34. The number of hydrogen-bond donors (Lipinski definition) is 0. The summed E-state index contributed by atoms with van der Waals surface area (Å²) >= 11 is 0. The number of rotatable bonds is 9. The highest BCUT2D eigenvalue weighted by Gasteiger charge is 2.14. The van der Waals surface area contributed by atoms with E-state index in [0.717, 1.165) is 17.1 Å². The van der Waals surface area contributed by atoms with E-state index in [9.17, 15) is 0 Å². The van der Waals surface area contributed by atoms with Gasteiger partial charge in [-0.1, -0.05) is 55.6 Å². The van der Waals surface area contributed by atoms with Crippen molar-refractivity contribution in [2.45, 2.75) is 44.7 Å². The standard InChI is InChI=1S/C16H27NSi/c1-17(2,13-9-4-3-5-10-14-18)15-16-11-7-6-8-12-16/h6-8,11-12H,3-5,9-10,13-15H2,1-2H3/q+1. The number of unbranched alkanes of at least 4 members (excludes halogenated alkanes) is 4. The fraction of sp³-hybridized carbons (Fsp3) is 0.625. The van der Waals surface area contributed by atoms with Gasteiger partial charge in [-0.15, -0.1) is 0 Å². The van der Waals surface area contributed by atoms with E-state index in [1.54, 1.807) is 0 Å². The maximum Gasteiger partial charge on any atom is 0.104 e. The largest absolute Gasteiger partial charge is 0.325 e. The van der Waals surface area contributed by atoms with Crippen molar-refractivity contribution in [2.75, 3.05) is 20.6 Å². The fourth-order valence-corrected chi connectivity index (χ4v) is 2.60. The van der Waals surface area contributed by atoms with Crippen LogP contribution >= 0.6 is 0 Å². The van der Waals surface area contributed by atoms with Crippen molar-refractivity contribution in [2.24, 2.45) is 0 Å². The van der Waals surface area contributed by atoms with E-state index in [1.807, 2.05) is 0 Å². The molecule has 0 aliphatic heterocycles. The minimum Gasteiger partial charge on any atom is -0.325 e. The zero-order valence-corrected chi connectivity index (χ0v) is 13.0. The molecule has 0 aromatic heterocycles. The molecule has 0 fully saturated rings. The van der Waals surface area contributed by atoms with Gasteiger partial charge in [0.25, 0.3) is 0 Å². The van der Waals surface area contributed by atoms with Gasteiger partial charge in [0.1, 0.15) is 6.54 Å². The van der Waals surface area contributed by atoms with Gasteiger partial charge in [0.05, 0.1) is 20.6 Å². The predicted molar refractivity (Wildman–Crippen MR) is 80.8 cm³/mol. The van der Waals surface area contributed by atoms with E-state index in [4.69, 9.17) is 0 Å². The van der Waals surface area contributed by atoms with Crippen molar-refractivity contribution < 1.29 is 4.48 Å². The average molecular weight is 261 g/mol. The van der Waals surface area contributed by atoms with E-state index in [0.29, 0.717) is 0 Å². The molecule has 1 nitrogen and oxygen atoms in total. The topological polar surface area (TPSA) is 0 Å². The second kappa shape index (κ2) is 8.49. The molecule has 0 bridgehead atoms. The predicted octanol–water partition coefficient (Wildman–Crippen LogP) is 3.80. The highest BCUT2D eigenvalue weighted by atomic mass is 28.1. The van der Waals surface area contributed by atoms with Gasteiger partial charge in [-0.2, -0.15) is 0 Å². The lowest BCUT2D eigenvalue weighted by Gasteiger charge is -2.30. The monoisotopic (exact) mass is 261 g/mol. The van der Waals surface area contributed by atoms with Gasteiger partial charge in [0.15, 0.2) is 0 Å². The molecule has 1 aromatic carbocycles. The van der Waals surface area contributed by atoms with Crippen LogP contribution in [-0.4, -0.2) is 35.4 Å². The van der Waals surface area contributed by atoms with Crippen molar-refractivity contribution in [1.82, 2.24) is 0 Å². The molecular formula is C16H27NSi+. The Balaban J connectivity index is 2.19. The molecule has 0 N–H and O–H groups in total. The summed E-state index contributed by atoms with van der Waals surface area (Å²) in [5.41, 5.74) is 1.45. The molecular weight excluding hydrogens is 234 g/mol. The first-order valence-electron chi connectivity index (χ1n) is 7.14. The lowest BCUT2D eigenvalue weighted by atomic mass is 10.1. The van der Waals surface area contributed by atoms with E-state index in [1.165, 1.54) is 44.2 Å². The van der Waals surface area contributed by atoms with Crippen LogP contribution in [0.2, 0.25) is 6.04 Å². The molecule has 0 aliphatic carbocycles.